The summed E-state index contributed by atoms with van der Waals surface area (Å²) >= 11 is 3.22. The maximum Gasteiger partial charge on any atom is 0.254 e. The molecule has 1 amide bonds. The first-order chi connectivity index (χ1) is 9.16. The highest BCUT2D eigenvalue weighted by Crippen LogP contribution is 2.28. The van der Waals surface area contributed by atoms with Crippen LogP contribution in [0, 0.1) is 11.7 Å². The van der Waals surface area contributed by atoms with Crippen LogP contribution in [0.1, 0.15) is 29.6 Å². The Morgan fingerprint density at radius 1 is 1.47 bits per heavy atom. The lowest BCUT2D eigenvalue weighted by molar-refractivity contribution is 0.0933. The van der Waals surface area contributed by atoms with Gasteiger partial charge in [0.1, 0.15) is 5.82 Å². The summed E-state index contributed by atoms with van der Waals surface area (Å²) in [5.74, 6) is -0.142. The molecule has 0 bridgehead atoms. The van der Waals surface area contributed by atoms with Crippen molar-refractivity contribution in [3.05, 3.63) is 34.1 Å². The second-order valence-electron chi connectivity index (χ2n) is 4.75. The molecule has 0 unspecified atom stereocenters. The Morgan fingerprint density at radius 3 is 3.00 bits per heavy atom. The Bertz CT molecular complexity index is 449. The molecule has 1 aliphatic carbocycles. The van der Waals surface area contributed by atoms with E-state index >= 15 is 0 Å². The highest BCUT2D eigenvalue weighted by atomic mass is 79.9. The minimum absolute atomic E-state index is 0.0632. The largest absolute Gasteiger partial charge is 0.381 e. The molecule has 2 rings (SSSR count). The zero-order valence-corrected chi connectivity index (χ0v) is 12.2. The summed E-state index contributed by atoms with van der Waals surface area (Å²) in [6.07, 6.45) is 3.30. The molecule has 0 spiro atoms. The van der Waals surface area contributed by atoms with Crippen LogP contribution >= 0.6 is 15.9 Å². The summed E-state index contributed by atoms with van der Waals surface area (Å²) in [5, 5.41) is 2.69. The minimum atomic E-state index is -0.509. The van der Waals surface area contributed by atoms with Gasteiger partial charge in [-0.15, -0.1) is 0 Å². The fourth-order valence-corrected chi connectivity index (χ4v) is 2.04. The van der Waals surface area contributed by atoms with Crippen molar-refractivity contribution in [1.29, 1.82) is 0 Å². The van der Waals surface area contributed by atoms with Gasteiger partial charge in [-0.2, -0.15) is 0 Å². The molecule has 0 aliphatic heterocycles. The maximum atomic E-state index is 13.4. The quantitative estimate of drug-likeness (QED) is 0.780. The van der Waals surface area contributed by atoms with Gasteiger partial charge in [0.25, 0.3) is 5.91 Å². The number of amides is 1. The average molecular weight is 330 g/mol. The van der Waals surface area contributed by atoms with E-state index in [2.05, 4.69) is 21.2 Å². The summed E-state index contributed by atoms with van der Waals surface area (Å²) in [7, 11) is 0. The molecule has 1 aromatic carbocycles. The topological polar surface area (TPSA) is 38.3 Å². The predicted molar refractivity (Wildman–Crippen MR) is 74.6 cm³/mol. The van der Waals surface area contributed by atoms with Crippen LogP contribution in [0.25, 0.3) is 0 Å². The number of hydrogen-bond donors (Lipinski definition) is 1. The van der Waals surface area contributed by atoms with Crippen LogP contribution in [-0.2, 0) is 4.74 Å². The summed E-state index contributed by atoms with van der Waals surface area (Å²) in [4.78, 5) is 11.8. The van der Waals surface area contributed by atoms with E-state index in [1.807, 2.05) is 0 Å². The Kier molecular flexibility index (Phi) is 5.34. The van der Waals surface area contributed by atoms with Crippen LogP contribution in [0.2, 0.25) is 0 Å². The molecule has 1 fully saturated rings. The normalized spacial score (nSPS) is 14.4. The van der Waals surface area contributed by atoms with Gasteiger partial charge >= 0.3 is 0 Å². The van der Waals surface area contributed by atoms with E-state index < -0.39 is 5.82 Å². The molecule has 1 aliphatic rings. The second-order valence-corrected chi connectivity index (χ2v) is 5.67. The Hall–Kier alpha value is -0.940. The molecule has 0 saturated heterocycles. The van der Waals surface area contributed by atoms with Gasteiger partial charge in [-0.3, -0.25) is 4.79 Å². The van der Waals surface area contributed by atoms with Crippen molar-refractivity contribution in [2.24, 2.45) is 5.92 Å². The van der Waals surface area contributed by atoms with Crippen LogP contribution in [0.4, 0.5) is 4.39 Å². The summed E-state index contributed by atoms with van der Waals surface area (Å²) in [6, 6.07) is 4.32. The second kappa shape index (κ2) is 7.01. The number of rotatable bonds is 7. The third-order valence-corrected chi connectivity index (χ3v) is 3.47. The van der Waals surface area contributed by atoms with Gasteiger partial charge < -0.3 is 10.1 Å². The molecule has 1 N–H and O–H groups in total. The molecular formula is C14H17BrFNO2. The molecule has 0 aromatic heterocycles. The molecule has 1 saturated carbocycles. The fraction of sp³-hybridized carbons (Fsp3) is 0.500. The van der Waals surface area contributed by atoms with Crippen LogP contribution < -0.4 is 5.32 Å². The van der Waals surface area contributed by atoms with Gasteiger partial charge in [-0.05, 0) is 43.4 Å². The van der Waals surface area contributed by atoms with E-state index in [-0.39, 0.29) is 11.5 Å². The number of benzene rings is 1. The number of nitrogens with one attached hydrogen (secondary N) is 1. The van der Waals surface area contributed by atoms with Crippen LogP contribution in [0.15, 0.2) is 22.7 Å². The van der Waals surface area contributed by atoms with Crippen molar-refractivity contribution < 1.29 is 13.9 Å². The zero-order valence-electron chi connectivity index (χ0n) is 10.6. The number of carbonyl (C=O) groups excluding carboxylic acids is 1. The maximum absolute atomic E-state index is 13.4. The fourth-order valence-electron chi connectivity index (χ4n) is 1.68. The van der Waals surface area contributed by atoms with Crippen molar-refractivity contribution >= 4 is 21.8 Å². The van der Waals surface area contributed by atoms with Gasteiger partial charge in [0.05, 0.1) is 5.56 Å². The first kappa shape index (κ1) is 14.5. The molecule has 0 radical (unpaired) electrons. The third-order valence-electron chi connectivity index (χ3n) is 2.97. The van der Waals surface area contributed by atoms with Crippen molar-refractivity contribution in [3.8, 4) is 0 Å². The minimum Gasteiger partial charge on any atom is -0.381 e. The molecule has 3 nitrogen and oxygen atoms in total. The predicted octanol–water partition coefficient (Wildman–Crippen LogP) is 3.13. The molecule has 0 atom stereocenters. The summed E-state index contributed by atoms with van der Waals surface area (Å²) < 4.78 is 19.6. The molecule has 1 aromatic rings. The van der Waals surface area contributed by atoms with Gasteiger partial charge in [0.15, 0.2) is 0 Å². The van der Waals surface area contributed by atoms with E-state index in [0.29, 0.717) is 17.6 Å². The number of ether oxygens (including phenoxy) is 1. The van der Waals surface area contributed by atoms with Gasteiger partial charge in [-0.25, -0.2) is 4.39 Å². The highest BCUT2D eigenvalue weighted by Gasteiger charge is 2.20. The van der Waals surface area contributed by atoms with Crippen molar-refractivity contribution in [2.45, 2.75) is 19.3 Å². The molecule has 5 heteroatoms. The molecule has 104 valence electrons. The Morgan fingerprint density at radius 2 is 2.26 bits per heavy atom. The Balaban J connectivity index is 1.66. The van der Waals surface area contributed by atoms with Crippen molar-refractivity contribution in [2.75, 3.05) is 19.8 Å². The molecular weight excluding hydrogens is 313 g/mol. The molecule has 19 heavy (non-hydrogen) atoms. The van der Waals surface area contributed by atoms with E-state index in [9.17, 15) is 9.18 Å². The van der Waals surface area contributed by atoms with Gasteiger partial charge in [0.2, 0.25) is 0 Å². The number of halogens is 2. The van der Waals surface area contributed by atoms with Gasteiger partial charge in [0, 0.05) is 24.2 Å². The van der Waals surface area contributed by atoms with Gasteiger partial charge in [-0.1, -0.05) is 15.9 Å². The van der Waals surface area contributed by atoms with E-state index in [1.54, 1.807) is 6.07 Å². The highest BCUT2D eigenvalue weighted by molar-refractivity contribution is 9.10. The van der Waals surface area contributed by atoms with Crippen molar-refractivity contribution in [1.82, 2.24) is 5.32 Å². The van der Waals surface area contributed by atoms with Crippen LogP contribution in [0.3, 0.4) is 0 Å². The Labute approximate surface area is 120 Å². The van der Waals surface area contributed by atoms with E-state index in [0.717, 1.165) is 18.9 Å². The van der Waals surface area contributed by atoms with E-state index in [4.69, 9.17) is 4.74 Å². The standard InChI is InChI=1S/C14H17BrFNO2/c15-11-4-5-13(16)12(8-11)14(18)17-6-1-7-19-9-10-2-3-10/h4-5,8,10H,1-3,6-7,9H2,(H,17,18). The summed E-state index contributed by atoms with van der Waals surface area (Å²) in [5.41, 5.74) is 0.0632. The summed E-state index contributed by atoms with van der Waals surface area (Å²) in [6.45, 7) is 1.96. The first-order valence-corrected chi connectivity index (χ1v) is 7.27. The smallest absolute Gasteiger partial charge is 0.254 e. The third kappa shape index (κ3) is 4.91. The molecule has 0 heterocycles. The van der Waals surface area contributed by atoms with Crippen molar-refractivity contribution in [3.63, 3.8) is 0 Å². The monoisotopic (exact) mass is 329 g/mol. The lowest BCUT2D eigenvalue weighted by atomic mass is 10.2. The lowest BCUT2D eigenvalue weighted by Crippen LogP contribution is -2.26. The SMILES string of the molecule is O=C(NCCCOCC1CC1)c1cc(Br)ccc1F. The van der Waals surface area contributed by atoms with E-state index in [1.165, 1.54) is 25.0 Å². The number of hydrogen-bond acceptors (Lipinski definition) is 2. The first-order valence-electron chi connectivity index (χ1n) is 6.48. The lowest BCUT2D eigenvalue weighted by Gasteiger charge is -2.07. The average Bonchev–Trinajstić information content (AvgIpc) is 3.20. The number of carbonyl (C=O) groups is 1. The zero-order chi connectivity index (χ0) is 13.7. The van der Waals surface area contributed by atoms with Crippen LogP contribution in [0.5, 0.6) is 0 Å². The van der Waals surface area contributed by atoms with Crippen LogP contribution in [-0.4, -0.2) is 25.7 Å².